The maximum Gasteiger partial charge on any atom is 0.274 e. The summed E-state index contributed by atoms with van der Waals surface area (Å²) in [5.41, 5.74) is 5.06. The molecule has 0 amide bonds. The van der Waals surface area contributed by atoms with Gasteiger partial charge in [0.05, 0.1) is 23.0 Å². The van der Waals surface area contributed by atoms with Crippen LogP contribution in [0.1, 0.15) is 9.68 Å². The fourth-order valence-electron chi connectivity index (χ4n) is 4.07. The van der Waals surface area contributed by atoms with Crippen molar-refractivity contribution in [3.8, 4) is 17.2 Å². The van der Waals surface area contributed by atoms with Gasteiger partial charge < -0.3 is 0 Å². The lowest BCUT2D eigenvalue weighted by atomic mass is 10.2. The average molecular weight is 341 g/mol. The Morgan fingerprint density at radius 2 is 2.00 bits per heavy atom. The molecule has 0 saturated carbocycles. The molecule has 5 nitrogen and oxygen atoms in total. The second-order valence-electron chi connectivity index (χ2n) is 6.49. The summed E-state index contributed by atoms with van der Waals surface area (Å²) in [6.45, 7) is -1.78. The molecule has 124 valence electrons. The third kappa shape index (κ3) is 1.57. The van der Waals surface area contributed by atoms with Gasteiger partial charge in [-0.15, -0.1) is 0 Å². The SMILES string of the molecule is [2H]C([2H])([2H])[n+]1c2n(c3c4cnccc4n(-c4ccccc4)c31)Cc1cccnc1-2. The van der Waals surface area contributed by atoms with Crippen molar-refractivity contribution in [2.75, 3.05) is 0 Å². The molecule has 26 heavy (non-hydrogen) atoms. The van der Waals surface area contributed by atoms with E-state index in [1.165, 1.54) is 4.57 Å². The monoisotopic (exact) mass is 341 g/mol. The van der Waals surface area contributed by atoms with E-state index in [2.05, 4.69) is 14.5 Å². The first-order valence-corrected chi connectivity index (χ1v) is 8.48. The Labute approximate surface area is 154 Å². The van der Waals surface area contributed by atoms with Crippen LogP contribution in [0.4, 0.5) is 0 Å². The van der Waals surface area contributed by atoms with Crippen LogP contribution in [0.15, 0.2) is 67.1 Å². The van der Waals surface area contributed by atoms with E-state index in [1.54, 1.807) is 12.4 Å². The smallest absolute Gasteiger partial charge is 0.264 e. The molecule has 1 aromatic carbocycles. The fourth-order valence-corrected chi connectivity index (χ4v) is 4.07. The Balaban J connectivity index is 1.88. The van der Waals surface area contributed by atoms with Crippen LogP contribution >= 0.6 is 0 Å². The van der Waals surface area contributed by atoms with E-state index in [4.69, 9.17) is 4.11 Å². The molecule has 0 unspecified atom stereocenters. The molecule has 1 aliphatic heterocycles. The van der Waals surface area contributed by atoms with E-state index < -0.39 is 6.98 Å². The summed E-state index contributed by atoms with van der Waals surface area (Å²) in [5.74, 6) is 0.612. The van der Waals surface area contributed by atoms with E-state index in [0.717, 1.165) is 33.4 Å². The third-order valence-electron chi connectivity index (χ3n) is 5.11. The van der Waals surface area contributed by atoms with Gasteiger partial charge in [0.15, 0.2) is 5.52 Å². The van der Waals surface area contributed by atoms with E-state index in [0.29, 0.717) is 18.0 Å². The topological polar surface area (TPSA) is 39.5 Å². The number of para-hydroxylation sites is 1. The Bertz CT molecular complexity index is 1410. The van der Waals surface area contributed by atoms with E-state index in [-0.39, 0.29) is 0 Å². The lowest BCUT2D eigenvalue weighted by molar-refractivity contribution is -0.636. The maximum absolute atomic E-state index is 8.34. The molecule has 0 bridgehead atoms. The van der Waals surface area contributed by atoms with Gasteiger partial charge in [0.1, 0.15) is 16.9 Å². The second-order valence-corrected chi connectivity index (χ2v) is 6.49. The quantitative estimate of drug-likeness (QED) is 0.431. The zero-order valence-electron chi connectivity index (χ0n) is 16.8. The molecular weight excluding hydrogens is 322 g/mol. The summed E-state index contributed by atoms with van der Waals surface area (Å²) in [6.07, 6.45) is 5.26. The van der Waals surface area contributed by atoms with Crippen molar-refractivity contribution >= 4 is 22.1 Å². The highest BCUT2D eigenvalue weighted by molar-refractivity contribution is 6.05. The van der Waals surface area contributed by atoms with E-state index >= 15 is 0 Å². The van der Waals surface area contributed by atoms with Gasteiger partial charge in [-0.25, -0.2) is 18.7 Å². The highest BCUT2D eigenvalue weighted by atomic mass is 15.3. The first-order chi connectivity index (χ1) is 14.1. The van der Waals surface area contributed by atoms with Crippen LogP contribution in [0, 0.1) is 0 Å². The molecule has 5 aromatic rings. The first kappa shape index (κ1) is 11.2. The number of rotatable bonds is 1. The average Bonchev–Trinajstić information content (AvgIpc) is 3.34. The van der Waals surface area contributed by atoms with Gasteiger partial charge in [0.25, 0.3) is 11.5 Å². The molecule has 0 N–H and O–H groups in total. The standard InChI is InChI=1S/C21H16N5/c1-24-20-18-14(6-5-10-23-18)13-25(20)19-16-12-22-11-9-17(16)26(21(19)24)15-7-3-2-4-8-15/h2-12H,13H2,1H3/q+1/i1D3. The highest BCUT2D eigenvalue weighted by Crippen LogP contribution is 2.37. The number of fused-ring (bicyclic) bond motifs is 7. The number of aromatic nitrogens is 5. The number of hydrogen-bond donors (Lipinski definition) is 0. The number of nitrogens with zero attached hydrogens (tertiary/aromatic N) is 5. The van der Waals surface area contributed by atoms with E-state index in [9.17, 15) is 0 Å². The van der Waals surface area contributed by atoms with Crippen molar-refractivity contribution < 1.29 is 8.68 Å². The predicted molar refractivity (Wildman–Crippen MR) is 100 cm³/mol. The van der Waals surface area contributed by atoms with Crippen LogP contribution < -0.4 is 4.57 Å². The van der Waals surface area contributed by atoms with Gasteiger partial charge >= 0.3 is 0 Å². The molecule has 0 fully saturated rings. The third-order valence-corrected chi connectivity index (χ3v) is 5.11. The van der Waals surface area contributed by atoms with Crippen LogP contribution in [0.2, 0.25) is 0 Å². The molecule has 5 heterocycles. The summed E-state index contributed by atoms with van der Waals surface area (Å²) in [5, 5.41) is 0.920. The van der Waals surface area contributed by atoms with Crippen LogP contribution in [-0.4, -0.2) is 19.1 Å². The minimum Gasteiger partial charge on any atom is -0.264 e. The molecule has 0 spiro atoms. The van der Waals surface area contributed by atoms with Crippen molar-refractivity contribution in [2.45, 2.75) is 6.54 Å². The molecule has 0 saturated heterocycles. The van der Waals surface area contributed by atoms with Gasteiger partial charge in [0, 0.05) is 24.2 Å². The van der Waals surface area contributed by atoms with Gasteiger partial charge in [-0.1, -0.05) is 24.3 Å². The molecule has 5 heteroatoms. The minimum atomic E-state index is -2.37. The minimum absolute atomic E-state index is 0.584. The first-order valence-electron chi connectivity index (χ1n) is 9.98. The van der Waals surface area contributed by atoms with Crippen LogP contribution in [0.5, 0.6) is 0 Å². The summed E-state index contributed by atoms with van der Waals surface area (Å²) in [7, 11) is 0. The Morgan fingerprint density at radius 1 is 1.08 bits per heavy atom. The molecule has 0 aliphatic carbocycles. The summed E-state index contributed by atoms with van der Waals surface area (Å²) in [4.78, 5) is 8.84. The molecular formula is C21H16N5+. The number of benzene rings is 1. The lowest BCUT2D eigenvalue weighted by Gasteiger charge is -2.03. The number of pyridine rings is 2. The highest BCUT2D eigenvalue weighted by Gasteiger charge is 2.36. The summed E-state index contributed by atoms with van der Waals surface area (Å²) < 4.78 is 30.5. The fraction of sp³-hybridized carbons (Fsp3) is 0.0952. The zero-order chi connectivity index (χ0) is 19.8. The van der Waals surface area contributed by atoms with Gasteiger partial charge in [-0.2, -0.15) is 0 Å². The Hall–Kier alpha value is -3.47. The van der Waals surface area contributed by atoms with Crippen molar-refractivity contribution in [3.63, 3.8) is 0 Å². The van der Waals surface area contributed by atoms with Crippen molar-refractivity contribution in [2.24, 2.45) is 6.98 Å². The predicted octanol–water partition coefficient (Wildman–Crippen LogP) is 3.23. The number of aryl methyl sites for hydroxylation is 1. The normalized spacial score (nSPS) is 14.8. The number of imidazole rings is 1. The largest absolute Gasteiger partial charge is 0.274 e. The molecule has 1 aliphatic rings. The van der Waals surface area contributed by atoms with E-state index in [1.807, 2.05) is 59.3 Å². The van der Waals surface area contributed by atoms with Gasteiger partial charge in [-0.3, -0.25) is 4.98 Å². The van der Waals surface area contributed by atoms with Crippen LogP contribution in [-0.2, 0) is 13.5 Å². The second kappa shape index (κ2) is 4.79. The summed E-state index contributed by atoms with van der Waals surface area (Å²) in [6, 6.07) is 15.6. The summed E-state index contributed by atoms with van der Waals surface area (Å²) >= 11 is 0. The van der Waals surface area contributed by atoms with Crippen molar-refractivity contribution in [1.82, 2.24) is 19.1 Å². The molecule has 4 aromatic heterocycles. The van der Waals surface area contributed by atoms with Gasteiger partial charge in [0.2, 0.25) is 0 Å². The molecule has 0 radical (unpaired) electrons. The van der Waals surface area contributed by atoms with Gasteiger partial charge in [-0.05, 0) is 24.3 Å². The van der Waals surface area contributed by atoms with Crippen LogP contribution in [0.25, 0.3) is 39.3 Å². The Morgan fingerprint density at radius 3 is 2.88 bits per heavy atom. The molecule has 6 rings (SSSR count). The maximum atomic E-state index is 8.34. The molecule has 0 atom stereocenters. The zero-order valence-corrected chi connectivity index (χ0v) is 13.8. The van der Waals surface area contributed by atoms with Crippen molar-refractivity contribution in [1.29, 1.82) is 0 Å². The van der Waals surface area contributed by atoms with Crippen molar-refractivity contribution in [3.05, 3.63) is 72.7 Å². The lowest BCUT2D eigenvalue weighted by Crippen LogP contribution is -2.31. The Kier molecular flexibility index (Phi) is 2.06. The van der Waals surface area contributed by atoms with Crippen LogP contribution in [0.3, 0.4) is 0 Å². The number of hydrogen-bond acceptors (Lipinski definition) is 2.